The quantitative estimate of drug-likeness (QED) is 0.916. The molecule has 1 amide bonds. The van der Waals surface area contributed by atoms with E-state index in [0.717, 1.165) is 17.1 Å². The van der Waals surface area contributed by atoms with Gasteiger partial charge >= 0.3 is 0 Å². The average molecular weight is 302 g/mol. The van der Waals surface area contributed by atoms with Gasteiger partial charge in [-0.25, -0.2) is 14.4 Å². The van der Waals surface area contributed by atoms with Crippen LogP contribution in [0.15, 0.2) is 30.3 Å². The van der Waals surface area contributed by atoms with Crippen molar-refractivity contribution in [1.82, 2.24) is 15.3 Å². The van der Waals surface area contributed by atoms with Crippen molar-refractivity contribution in [2.24, 2.45) is 0 Å². The molecule has 1 aromatic carbocycles. The molecule has 1 aromatic heterocycles. The van der Waals surface area contributed by atoms with E-state index < -0.39 is 0 Å². The fourth-order valence-electron chi connectivity index (χ4n) is 1.95. The SMILES string of the molecule is Cc1cc(N(C)C)nc(CNC(=O)Cc2ccc(F)cc2)n1. The van der Waals surface area contributed by atoms with Crippen LogP contribution in [0.3, 0.4) is 0 Å². The molecule has 0 radical (unpaired) electrons. The number of rotatable bonds is 5. The summed E-state index contributed by atoms with van der Waals surface area (Å²) in [5.41, 5.74) is 1.61. The van der Waals surface area contributed by atoms with E-state index in [0.29, 0.717) is 5.82 Å². The molecule has 0 aliphatic carbocycles. The molecule has 0 bridgehead atoms. The molecule has 2 aromatic rings. The zero-order chi connectivity index (χ0) is 16.1. The third-order valence-electron chi connectivity index (χ3n) is 3.07. The van der Waals surface area contributed by atoms with Crippen LogP contribution in [0.4, 0.5) is 10.2 Å². The maximum absolute atomic E-state index is 12.8. The van der Waals surface area contributed by atoms with Gasteiger partial charge in [-0.1, -0.05) is 12.1 Å². The summed E-state index contributed by atoms with van der Waals surface area (Å²) in [5, 5.41) is 2.78. The van der Waals surface area contributed by atoms with Crippen LogP contribution < -0.4 is 10.2 Å². The van der Waals surface area contributed by atoms with E-state index >= 15 is 0 Å². The molecule has 1 N–H and O–H groups in total. The molecular formula is C16H19FN4O. The van der Waals surface area contributed by atoms with Crippen LogP contribution in [0, 0.1) is 12.7 Å². The van der Waals surface area contributed by atoms with E-state index in [1.807, 2.05) is 32.0 Å². The standard InChI is InChI=1S/C16H19FN4O/c1-11-8-15(21(2)3)20-14(19-11)10-18-16(22)9-12-4-6-13(17)7-5-12/h4-8H,9-10H2,1-3H3,(H,18,22). The molecule has 0 aliphatic heterocycles. The molecule has 0 aliphatic rings. The molecule has 0 saturated heterocycles. The van der Waals surface area contributed by atoms with Crippen LogP contribution in [-0.4, -0.2) is 30.0 Å². The Morgan fingerprint density at radius 1 is 1.23 bits per heavy atom. The van der Waals surface area contributed by atoms with Crippen molar-refractivity contribution in [3.63, 3.8) is 0 Å². The second-order valence-electron chi connectivity index (χ2n) is 5.26. The Balaban J connectivity index is 1.94. The van der Waals surface area contributed by atoms with E-state index in [1.165, 1.54) is 12.1 Å². The minimum atomic E-state index is -0.312. The fraction of sp³-hybridized carbons (Fsp3) is 0.312. The van der Waals surface area contributed by atoms with Crippen LogP contribution in [0.1, 0.15) is 17.1 Å². The fourth-order valence-corrected chi connectivity index (χ4v) is 1.95. The minimum Gasteiger partial charge on any atom is -0.363 e. The van der Waals surface area contributed by atoms with Gasteiger partial charge in [0.25, 0.3) is 0 Å². The first kappa shape index (κ1) is 15.9. The van der Waals surface area contributed by atoms with Gasteiger partial charge in [0.15, 0.2) is 0 Å². The van der Waals surface area contributed by atoms with E-state index in [-0.39, 0.29) is 24.7 Å². The van der Waals surface area contributed by atoms with Crippen molar-refractivity contribution in [3.8, 4) is 0 Å². The molecule has 5 nitrogen and oxygen atoms in total. The Morgan fingerprint density at radius 3 is 2.55 bits per heavy atom. The minimum absolute atomic E-state index is 0.150. The van der Waals surface area contributed by atoms with Crippen molar-refractivity contribution in [2.75, 3.05) is 19.0 Å². The summed E-state index contributed by atoms with van der Waals surface area (Å²) in [7, 11) is 3.80. The molecule has 0 atom stereocenters. The number of carbonyl (C=O) groups is 1. The van der Waals surface area contributed by atoms with Crippen molar-refractivity contribution in [2.45, 2.75) is 19.9 Å². The van der Waals surface area contributed by atoms with E-state index in [9.17, 15) is 9.18 Å². The number of anilines is 1. The Kier molecular flexibility index (Phi) is 5.04. The third-order valence-corrected chi connectivity index (χ3v) is 3.07. The normalized spacial score (nSPS) is 10.4. The van der Waals surface area contributed by atoms with Gasteiger partial charge in [-0.05, 0) is 24.6 Å². The molecule has 0 spiro atoms. The monoisotopic (exact) mass is 302 g/mol. The van der Waals surface area contributed by atoms with Gasteiger partial charge < -0.3 is 10.2 Å². The molecule has 2 rings (SSSR count). The lowest BCUT2D eigenvalue weighted by Gasteiger charge is -2.13. The van der Waals surface area contributed by atoms with Crippen molar-refractivity contribution in [1.29, 1.82) is 0 Å². The predicted molar refractivity (Wildman–Crippen MR) is 83.0 cm³/mol. The molecule has 22 heavy (non-hydrogen) atoms. The van der Waals surface area contributed by atoms with E-state index in [2.05, 4.69) is 15.3 Å². The highest BCUT2D eigenvalue weighted by molar-refractivity contribution is 5.78. The van der Waals surface area contributed by atoms with Gasteiger partial charge in [0.05, 0.1) is 13.0 Å². The lowest BCUT2D eigenvalue weighted by Crippen LogP contribution is -2.26. The Bertz CT molecular complexity index is 656. The summed E-state index contributed by atoms with van der Waals surface area (Å²) in [6, 6.07) is 7.76. The summed E-state index contributed by atoms with van der Waals surface area (Å²) < 4.78 is 12.8. The summed E-state index contributed by atoms with van der Waals surface area (Å²) >= 11 is 0. The number of benzene rings is 1. The first-order chi connectivity index (χ1) is 10.4. The topological polar surface area (TPSA) is 58.1 Å². The highest BCUT2D eigenvalue weighted by Gasteiger charge is 2.07. The molecule has 0 saturated carbocycles. The smallest absolute Gasteiger partial charge is 0.224 e. The first-order valence-electron chi connectivity index (χ1n) is 6.97. The van der Waals surface area contributed by atoms with Crippen LogP contribution in [0.2, 0.25) is 0 Å². The molecule has 0 unspecified atom stereocenters. The van der Waals surface area contributed by atoms with E-state index in [1.54, 1.807) is 12.1 Å². The molecule has 6 heteroatoms. The lowest BCUT2D eigenvalue weighted by atomic mass is 10.1. The lowest BCUT2D eigenvalue weighted by molar-refractivity contribution is -0.120. The number of aryl methyl sites for hydroxylation is 1. The molecule has 1 heterocycles. The van der Waals surface area contributed by atoms with Crippen molar-refractivity contribution < 1.29 is 9.18 Å². The van der Waals surface area contributed by atoms with Gasteiger partial charge in [-0.2, -0.15) is 0 Å². The third kappa shape index (κ3) is 4.51. The largest absolute Gasteiger partial charge is 0.363 e. The predicted octanol–water partition coefficient (Wildman–Crippen LogP) is 1.85. The summed E-state index contributed by atoms with van der Waals surface area (Å²) in [5.74, 6) is 0.906. The number of amides is 1. The second-order valence-corrected chi connectivity index (χ2v) is 5.26. The number of carbonyl (C=O) groups excluding carboxylic acids is 1. The van der Waals surface area contributed by atoms with Gasteiger partial charge in [0.1, 0.15) is 17.5 Å². The second kappa shape index (κ2) is 6.98. The summed E-state index contributed by atoms with van der Waals surface area (Å²) in [6.07, 6.45) is 0.201. The number of halogens is 1. The van der Waals surface area contributed by atoms with Crippen LogP contribution >= 0.6 is 0 Å². The highest BCUT2D eigenvalue weighted by atomic mass is 19.1. The number of nitrogens with zero attached hydrogens (tertiary/aromatic N) is 3. The van der Waals surface area contributed by atoms with Crippen molar-refractivity contribution >= 4 is 11.7 Å². The Labute approximate surface area is 129 Å². The van der Waals surface area contributed by atoms with Gasteiger partial charge in [0, 0.05) is 25.9 Å². The Morgan fingerprint density at radius 2 is 1.91 bits per heavy atom. The van der Waals surface area contributed by atoms with E-state index in [4.69, 9.17) is 0 Å². The van der Waals surface area contributed by atoms with Crippen LogP contribution in [0.5, 0.6) is 0 Å². The number of aromatic nitrogens is 2. The zero-order valence-electron chi connectivity index (χ0n) is 12.9. The average Bonchev–Trinajstić information content (AvgIpc) is 2.47. The zero-order valence-corrected chi connectivity index (χ0v) is 12.9. The van der Waals surface area contributed by atoms with Crippen molar-refractivity contribution in [3.05, 3.63) is 53.2 Å². The number of nitrogens with one attached hydrogen (secondary N) is 1. The van der Waals surface area contributed by atoms with Crippen LogP contribution in [-0.2, 0) is 17.8 Å². The van der Waals surface area contributed by atoms with Crippen LogP contribution in [0.25, 0.3) is 0 Å². The highest BCUT2D eigenvalue weighted by Crippen LogP contribution is 2.09. The summed E-state index contributed by atoms with van der Waals surface area (Å²) in [4.78, 5) is 22.5. The van der Waals surface area contributed by atoms with Gasteiger partial charge in [0.2, 0.25) is 5.91 Å². The Hall–Kier alpha value is -2.50. The molecular weight excluding hydrogens is 283 g/mol. The number of hydrogen-bond donors (Lipinski definition) is 1. The maximum atomic E-state index is 12.8. The number of hydrogen-bond acceptors (Lipinski definition) is 4. The summed E-state index contributed by atoms with van der Waals surface area (Å²) in [6.45, 7) is 2.15. The molecule has 0 fully saturated rings. The maximum Gasteiger partial charge on any atom is 0.224 e. The molecule has 116 valence electrons. The first-order valence-corrected chi connectivity index (χ1v) is 6.97. The van der Waals surface area contributed by atoms with Gasteiger partial charge in [-0.3, -0.25) is 4.79 Å². The van der Waals surface area contributed by atoms with Gasteiger partial charge in [-0.15, -0.1) is 0 Å².